The van der Waals surface area contributed by atoms with Crippen molar-refractivity contribution < 1.29 is 4.79 Å². The van der Waals surface area contributed by atoms with Gasteiger partial charge in [-0.15, -0.1) is 0 Å². The molecule has 0 saturated heterocycles. The second-order valence-electron chi connectivity index (χ2n) is 5.77. The van der Waals surface area contributed by atoms with Crippen molar-refractivity contribution in [1.82, 2.24) is 4.90 Å². The van der Waals surface area contributed by atoms with E-state index in [1.54, 1.807) is 0 Å². The lowest BCUT2D eigenvalue weighted by molar-refractivity contribution is -0.137. The lowest BCUT2D eigenvalue weighted by Crippen LogP contribution is -2.51. The van der Waals surface area contributed by atoms with Crippen LogP contribution in [0.3, 0.4) is 0 Å². The summed E-state index contributed by atoms with van der Waals surface area (Å²) in [5, 5.41) is 0. The first kappa shape index (κ1) is 17.4. The van der Waals surface area contributed by atoms with Crippen molar-refractivity contribution in [2.24, 2.45) is 17.6 Å². The maximum Gasteiger partial charge on any atom is 0.240 e. The molecule has 0 aliphatic rings. The highest BCUT2D eigenvalue weighted by atomic mass is 16.2. The third kappa shape index (κ3) is 4.97. The maximum absolute atomic E-state index is 12.5. The average molecular weight is 256 g/mol. The van der Waals surface area contributed by atoms with E-state index in [-0.39, 0.29) is 17.9 Å². The monoisotopic (exact) mass is 256 g/mol. The molecule has 0 aliphatic carbocycles. The van der Waals surface area contributed by atoms with Crippen LogP contribution in [0.5, 0.6) is 0 Å². The van der Waals surface area contributed by atoms with Gasteiger partial charge in [-0.25, -0.2) is 0 Å². The first-order chi connectivity index (χ1) is 8.38. The molecule has 3 heteroatoms. The molecule has 0 fully saturated rings. The molecule has 0 aliphatic heterocycles. The largest absolute Gasteiger partial charge is 0.338 e. The van der Waals surface area contributed by atoms with Gasteiger partial charge in [0.05, 0.1) is 6.04 Å². The molecule has 18 heavy (non-hydrogen) atoms. The number of nitrogens with zero attached hydrogens (tertiary/aromatic N) is 1. The van der Waals surface area contributed by atoms with E-state index in [4.69, 9.17) is 5.73 Å². The Morgan fingerprint density at radius 1 is 1.06 bits per heavy atom. The zero-order valence-electron chi connectivity index (χ0n) is 13.1. The minimum absolute atomic E-state index is 0.131. The van der Waals surface area contributed by atoms with Crippen molar-refractivity contribution in [3.8, 4) is 0 Å². The molecular weight excluding hydrogens is 224 g/mol. The molecule has 108 valence electrons. The lowest BCUT2D eigenvalue weighted by Gasteiger charge is -2.35. The predicted molar refractivity (Wildman–Crippen MR) is 78.4 cm³/mol. The first-order valence-corrected chi connectivity index (χ1v) is 7.44. The SMILES string of the molecule is CCC(CC)N(CC(C)C)C(=O)[C@@H](N)[C@@H](C)CC. The Morgan fingerprint density at radius 3 is 1.89 bits per heavy atom. The molecule has 0 aromatic rings. The second kappa shape index (κ2) is 8.52. The number of amides is 1. The van der Waals surface area contributed by atoms with Gasteiger partial charge in [-0.3, -0.25) is 4.79 Å². The van der Waals surface area contributed by atoms with Crippen LogP contribution in [0.2, 0.25) is 0 Å². The zero-order chi connectivity index (χ0) is 14.3. The molecule has 0 aromatic heterocycles. The van der Waals surface area contributed by atoms with Crippen LogP contribution < -0.4 is 5.73 Å². The summed E-state index contributed by atoms with van der Waals surface area (Å²) in [4.78, 5) is 14.6. The van der Waals surface area contributed by atoms with Gasteiger partial charge >= 0.3 is 0 Å². The standard InChI is InChI=1S/C15H32N2O/c1-7-12(6)14(16)15(18)17(10-11(4)5)13(8-2)9-3/h11-14H,7-10,16H2,1-6H3/t12-,14-/m0/s1. The number of hydrogen-bond donors (Lipinski definition) is 1. The van der Waals surface area contributed by atoms with Crippen LogP contribution in [-0.2, 0) is 4.79 Å². The topological polar surface area (TPSA) is 46.3 Å². The number of carbonyl (C=O) groups is 1. The minimum Gasteiger partial charge on any atom is -0.338 e. The normalized spacial score (nSPS) is 14.9. The zero-order valence-corrected chi connectivity index (χ0v) is 13.1. The van der Waals surface area contributed by atoms with E-state index in [0.29, 0.717) is 12.0 Å². The Hall–Kier alpha value is -0.570. The molecule has 2 atom stereocenters. The smallest absolute Gasteiger partial charge is 0.240 e. The molecule has 0 bridgehead atoms. The maximum atomic E-state index is 12.5. The van der Waals surface area contributed by atoms with Crippen LogP contribution in [0, 0.1) is 11.8 Å². The molecule has 0 spiro atoms. The molecule has 0 saturated carbocycles. The van der Waals surface area contributed by atoms with Gasteiger partial charge < -0.3 is 10.6 Å². The summed E-state index contributed by atoms with van der Waals surface area (Å²) in [6.45, 7) is 13.5. The number of nitrogens with two attached hydrogens (primary N) is 1. The summed E-state index contributed by atoms with van der Waals surface area (Å²) in [6, 6.07) is -0.0237. The van der Waals surface area contributed by atoms with Gasteiger partial charge in [0, 0.05) is 12.6 Å². The van der Waals surface area contributed by atoms with Gasteiger partial charge in [-0.1, -0.05) is 48.0 Å². The van der Waals surface area contributed by atoms with E-state index < -0.39 is 0 Å². The highest BCUT2D eigenvalue weighted by molar-refractivity contribution is 5.82. The van der Waals surface area contributed by atoms with Crippen LogP contribution in [0.15, 0.2) is 0 Å². The van der Waals surface area contributed by atoms with Gasteiger partial charge in [-0.05, 0) is 24.7 Å². The van der Waals surface area contributed by atoms with Gasteiger partial charge in [0.25, 0.3) is 0 Å². The summed E-state index contributed by atoms with van der Waals surface area (Å²) in [5.41, 5.74) is 6.10. The molecule has 1 amide bonds. The third-order valence-electron chi connectivity index (χ3n) is 3.77. The summed E-state index contributed by atoms with van der Waals surface area (Å²) in [7, 11) is 0. The predicted octanol–water partition coefficient (Wildman–Crippen LogP) is 3.03. The van der Waals surface area contributed by atoms with E-state index in [0.717, 1.165) is 25.8 Å². The quantitative estimate of drug-likeness (QED) is 0.725. The summed E-state index contributed by atoms with van der Waals surface area (Å²) in [5.74, 6) is 0.868. The van der Waals surface area contributed by atoms with Crippen LogP contribution >= 0.6 is 0 Å². The summed E-state index contributed by atoms with van der Waals surface area (Å²) >= 11 is 0. The molecular formula is C15H32N2O. The lowest BCUT2D eigenvalue weighted by atomic mass is 9.97. The number of carbonyl (C=O) groups excluding carboxylic acids is 1. The third-order valence-corrected chi connectivity index (χ3v) is 3.77. The van der Waals surface area contributed by atoms with Crippen molar-refractivity contribution in [2.75, 3.05) is 6.54 Å². The summed E-state index contributed by atoms with van der Waals surface area (Å²) < 4.78 is 0. The van der Waals surface area contributed by atoms with Crippen LogP contribution in [0.4, 0.5) is 0 Å². The van der Waals surface area contributed by atoms with Crippen molar-refractivity contribution in [3.05, 3.63) is 0 Å². The number of rotatable bonds is 8. The van der Waals surface area contributed by atoms with E-state index in [2.05, 4.69) is 41.5 Å². The average Bonchev–Trinajstić information content (AvgIpc) is 2.35. The molecule has 0 aromatic carbocycles. The molecule has 0 rings (SSSR count). The Morgan fingerprint density at radius 2 is 1.56 bits per heavy atom. The van der Waals surface area contributed by atoms with Crippen molar-refractivity contribution in [1.29, 1.82) is 0 Å². The molecule has 3 nitrogen and oxygen atoms in total. The van der Waals surface area contributed by atoms with Crippen molar-refractivity contribution >= 4 is 5.91 Å². The molecule has 0 unspecified atom stereocenters. The van der Waals surface area contributed by atoms with E-state index in [1.807, 2.05) is 4.90 Å². The highest BCUT2D eigenvalue weighted by Gasteiger charge is 2.28. The second-order valence-corrected chi connectivity index (χ2v) is 5.77. The Kier molecular flexibility index (Phi) is 8.25. The number of hydrogen-bond acceptors (Lipinski definition) is 2. The van der Waals surface area contributed by atoms with E-state index >= 15 is 0 Å². The van der Waals surface area contributed by atoms with Gasteiger partial charge in [-0.2, -0.15) is 0 Å². The fourth-order valence-corrected chi connectivity index (χ4v) is 2.23. The van der Waals surface area contributed by atoms with Crippen LogP contribution in [0.25, 0.3) is 0 Å². The van der Waals surface area contributed by atoms with Gasteiger partial charge in [0.1, 0.15) is 0 Å². The Labute approximate surface area is 113 Å². The summed E-state index contributed by atoms with van der Waals surface area (Å²) in [6.07, 6.45) is 2.95. The highest BCUT2D eigenvalue weighted by Crippen LogP contribution is 2.16. The van der Waals surface area contributed by atoms with Gasteiger partial charge in [0.15, 0.2) is 0 Å². The van der Waals surface area contributed by atoms with E-state index in [9.17, 15) is 4.79 Å². The molecule has 0 heterocycles. The minimum atomic E-state index is -0.352. The molecule has 0 radical (unpaired) electrons. The van der Waals surface area contributed by atoms with E-state index in [1.165, 1.54) is 0 Å². The van der Waals surface area contributed by atoms with Crippen LogP contribution in [-0.4, -0.2) is 29.4 Å². The Balaban J connectivity index is 4.88. The van der Waals surface area contributed by atoms with Gasteiger partial charge in [0.2, 0.25) is 5.91 Å². The van der Waals surface area contributed by atoms with Crippen molar-refractivity contribution in [3.63, 3.8) is 0 Å². The fourth-order valence-electron chi connectivity index (χ4n) is 2.23. The fraction of sp³-hybridized carbons (Fsp3) is 0.933. The van der Waals surface area contributed by atoms with Crippen LogP contribution in [0.1, 0.15) is 60.8 Å². The Bertz CT molecular complexity index is 237. The van der Waals surface area contributed by atoms with Crippen molar-refractivity contribution in [2.45, 2.75) is 72.9 Å². The molecule has 2 N–H and O–H groups in total. The first-order valence-electron chi connectivity index (χ1n) is 7.44.